The number of nitrogens with one attached hydrogen (secondary N) is 2. The summed E-state index contributed by atoms with van der Waals surface area (Å²) in [4.78, 5) is 24.2. The molecule has 29 heavy (non-hydrogen) atoms. The number of rotatable bonds is 5. The lowest BCUT2D eigenvalue weighted by Crippen LogP contribution is -2.46. The molecule has 0 saturated heterocycles. The van der Waals surface area contributed by atoms with Gasteiger partial charge in [-0.25, -0.2) is 0 Å². The van der Waals surface area contributed by atoms with Crippen LogP contribution in [0.15, 0.2) is 66.7 Å². The van der Waals surface area contributed by atoms with Crippen LogP contribution in [0.25, 0.3) is 16.8 Å². The van der Waals surface area contributed by atoms with Crippen molar-refractivity contribution in [1.29, 1.82) is 0 Å². The predicted molar refractivity (Wildman–Crippen MR) is 116 cm³/mol. The number of halogens is 2. The highest BCUT2D eigenvalue weighted by Gasteiger charge is 2.16. The first-order chi connectivity index (χ1) is 13.9. The van der Waals surface area contributed by atoms with Crippen LogP contribution in [0.4, 0.5) is 0 Å². The molecule has 7 heteroatoms. The van der Waals surface area contributed by atoms with Gasteiger partial charge in [-0.15, -0.1) is 0 Å². The van der Waals surface area contributed by atoms with E-state index < -0.39 is 17.9 Å². The number of fused-ring (bicyclic) bond motifs is 1. The topological polar surface area (TPSA) is 67.4 Å². The number of benzene rings is 3. The Morgan fingerprint density at radius 2 is 1.76 bits per heavy atom. The van der Waals surface area contributed by atoms with Gasteiger partial charge >= 0.3 is 0 Å². The summed E-state index contributed by atoms with van der Waals surface area (Å²) in [5.74, 6) is -0.674. The van der Waals surface area contributed by atoms with Gasteiger partial charge in [-0.1, -0.05) is 65.7 Å². The van der Waals surface area contributed by atoms with Crippen LogP contribution in [-0.2, 0) is 9.59 Å². The molecule has 2 N–H and O–H groups in total. The molecular weight excluding hydrogens is 411 g/mol. The van der Waals surface area contributed by atoms with Crippen molar-refractivity contribution in [3.8, 4) is 5.75 Å². The lowest BCUT2D eigenvalue weighted by atomic mass is 10.0. The molecule has 2 amide bonds. The maximum atomic E-state index is 12.1. The van der Waals surface area contributed by atoms with Crippen molar-refractivity contribution >= 4 is 51.9 Å². The zero-order valence-corrected chi connectivity index (χ0v) is 17.0. The van der Waals surface area contributed by atoms with Gasteiger partial charge < -0.3 is 4.74 Å². The number of hydrogen-bond donors (Lipinski definition) is 2. The van der Waals surface area contributed by atoms with Gasteiger partial charge in [0.25, 0.3) is 11.8 Å². The van der Waals surface area contributed by atoms with Crippen LogP contribution in [0.5, 0.6) is 5.75 Å². The summed E-state index contributed by atoms with van der Waals surface area (Å²) in [5.41, 5.74) is 5.56. The van der Waals surface area contributed by atoms with Crippen LogP contribution in [0.1, 0.15) is 12.5 Å². The molecule has 0 aliphatic rings. The van der Waals surface area contributed by atoms with Crippen LogP contribution in [0.2, 0.25) is 10.0 Å². The summed E-state index contributed by atoms with van der Waals surface area (Å²) in [6.45, 7) is 1.54. The first kappa shape index (κ1) is 20.7. The van der Waals surface area contributed by atoms with Gasteiger partial charge in [-0.2, -0.15) is 0 Å². The number of carbonyl (C=O) groups excluding carboxylic acids is 2. The lowest BCUT2D eigenvalue weighted by molar-refractivity contribution is -0.131. The van der Waals surface area contributed by atoms with E-state index >= 15 is 0 Å². The Bertz CT molecular complexity index is 1080. The minimum atomic E-state index is -0.879. The van der Waals surface area contributed by atoms with E-state index in [0.717, 1.165) is 16.3 Å². The fraction of sp³-hybridized carbons (Fsp3) is 0.0909. The van der Waals surface area contributed by atoms with Crippen LogP contribution in [0, 0.1) is 0 Å². The molecule has 5 nitrogen and oxygen atoms in total. The van der Waals surface area contributed by atoms with Gasteiger partial charge in [-0.05, 0) is 47.5 Å². The third-order valence-electron chi connectivity index (χ3n) is 4.11. The normalized spacial score (nSPS) is 12.0. The van der Waals surface area contributed by atoms with E-state index in [2.05, 4.69) is 10.9 Å². The van der Waals surface area contributed by atoms with Gasteiger partial charge in [0.05, 0.1) is 5.02 Å². The van der Waals surface area contributed by atoms with Gasteiger partial charge in [0.1, 0.15) is 5.75 Å². The van der Waals surface area contributed by atoms with E-state index in [9.17, 15) is 9.59 Å². The first-order valence-corrected chi connectivity index (χ1v) is 9.57. The van der Waals surface area contributed by atoms with Gasteiger partial charge in [0.15, 0.2) is 6.10 Å². The molecule has 3 aromatic rings. The second-order valence-electron chi connectivity index (χ2n) is 6.22. The number of hydrogen-bond acceptors (Lipinski definition) is 3. The van der Waals surface area contributed by atoms with Crippen molar-refractivity contribution in [2.24, 2.45) is 0 Å². The average Bonchev–Trinajstić information content (AvgIpc) is 2.72. The second-order valence-corrected chi connectivity index (χ2v) is 7.06. The summed E-state index contributed by atoms with van der Waals surface area (Å²) in [6, 6.07) is 18.4. The molecule has 0 spiro atoms. The Morgan fingerprint density at radius 3 is 2.55 bits per heavy atom. The molecule has 3 aromatic carbocycles. The molecule has 0 bridgehead atoms. The van der Waals surface area contributed by atoms with E-state index in [1.165, 1.54) is 12.1 Å². The Balaban J connectivity index is 1.55. The number of carbonyl (C=O) groups is 2. The highest BCUT2D eigenvalue weighted by Crippen LogP contribution is 2.28. The Labute approximate surface area is 178 Å². The largest absolute Gasteiger partial charge is 0.479 e. The summed E-state index contributed by atoms with van der Waals surface area (Å²) in [6.07, 6.45) is 2.16. The van der Waals surface area contributed by atoms with Gasteiger partial charge in [0, 0.05) is 11.1 Å². The summed E-state index contributed by atoms with van der Waals surface area (Å²) in [5, 5.41) is 2.86. The smallest absolute Gasteiger partial charge is 0.279 e. The molecule has 0 aliphatic heterocycles. The zero-order valence-electron chi connectivity index (χ0n) is 15.5. The number of amides is 2. The third-order valence-corrected chi connectivity index (χ3v) is 4.64. The Kier molecular flexibility index (Phi) is 6.75. The molecule has 0 radical (unpaired) electrons. The highest BCUT2D eigenvalue weighted by atomic mass is 35.5. The van der Waals surface area contributed by atoms with Crippen LogP contribution in [0.3, 0.4) is 0 Å². The molecule has 0 aliphatic carbocycles. The molecule has 3 rings (SSSR count). The quantitative estimate of drug-likeness (QED) is 0.454. The predicted octanol–water partition coefficient (Wildman–Crippen LogP) is 4.77. The van der Waals surface area contributed by atoms with E-state index in [1.807, 2.05) is 42.5 Å². The fourth-order valence-electron chi connectivity index (χ4n) is 2.64. The number of hydrazine groups is 1. The SMILES string of the molecule is CC(Oc1ccc(Cl)cc1Cl)C(=O)NNC(=O)/C=C/c1cccc2ccccc12. The van der Waals surface area contributed by atoms with Crippen LogP contribution in [-0.4, -0.2) is 17.9 Å². The van der Waals surface area contributed by atoms with Crippen molar-refractivity contribution < 1.29 is 14.3 Å². The second kappa shape index (κ2) is 9.45. The van der Waals surface area contributed by atoms with Crippen molar-refractivity contribution in [3.05, 3.63) is 82.3 Å². The Morgan fingerprint density at radius 1 is 1.00 bits per heavy atom. The third kappa shape index (κ3) is 5.50. The highest BCUT2D eigenvalue weighted by molar-refractivity contribution is 6.35. The van der Waals surface area contributed by atoms with E-state index in [1.54, 1.807) is 25.1 Å². The number of ether oxygens (including phenoxy) is 1. The minimum absolute atomic E-state index is 0.291. The van der Waals surface area contributed by atoms with Gasteiger partial charge in [0.2, 0.25) is 0 Å². The van der Waals surface area contributed by atoms with Crippen molar-refractivity contribution in [2.75, 3.05) is 0 Å². The molecular formula is C22H18Cl2N2O3. The molecule has 0 aromatic heterocycles. The van der Waals surface area contributed by atoms with Crippen molar-refractivity contribution in [2.45, 2.75) is 13.0 Å². The van der Waals surface area contributed by atoms with E-state index in [-0.39, 0.29) is 0 Å². The zero-order chi connectivity index (χ0) is 20.8. The average molecular weight is 429 g/mol. The molecule has 0 heterocycles. The monoisotopic (exact) mass is 428 g/mol. The lowest BCUT2D eigenvalue weighted by Gasteiger charge is -2.15. The molecule has 0 fully saturated rings. The Hall–Kier alpha value is -3.02. The first-order valence-electron chi connectivity index (χ1n) is 8.81. The summed E-state index contributed by atoms with van der Waals surface area (Å²) >= 11 is 11.9. The van der Waals surface area contributed by atoms with Crippen LogP contribution < -0.4 is 15.6 Å². The van der Waals surface area contributed by atoms with Crippen molar-refractivity contribution in [3.63, 3.8) is 0 Å². The van der Waals surface area contributed by atoms with E-state index in [4.69, 9.17) is 27.9 Å². The maximum Gasteiger partial charge on any atom is 0.279 e. The minimum Gasteiger partial charge on any atom is -0.479 e. The summed E-state index contributed by atoms with van der Waals surface area (Å²) in [7, 11) is 0. The summed E-state index contributed by atoms with van der Waals surface area (Å²) < 4.78 is 5.50. The molecule has 1 atom stereocenters. The fourth-order valence-corrected chi connectivity index (χ4v) is 3.10. The molecule has 0 saturated carbocycles. The standard InChI is InChI=1S/C22H18Cl2N2O3/c1-14(29-20-11-10-17(23)13-19(20)24)22(28)26-25-21(27)12-9-16-7-4-6-15-5-2-3-8-18(15)16/h2-14H,1H3,(H,25,27)(H,26,28)/b12-9+. The maximum absolute atomic E-state index is 12.1. The molecule has 148 valence electrons. The van der Waals surface area contributed by atoms with E-state index in [0.29, 0.717) is 15.8 Å². The molecule has 1 unspecified atom stereocenters. The van der Waals surface area contributed by atoms with Crippen LogP contribution >= 0.6 is 23.2 Å². The van der Waals surface area contributed by atoms with Crippen molar-refractivity contribution in [1.82, 2.24) is 10.9 Å². The van der Waals surface area contributed by atoms with Gasteiger partial charge in [-0.3, -0.25) is 20.4 Å².